The Hall–Kier alpha value is -2.58. The summed E-state index contributed by atoms with van der Waals surface area (Å²) in [5.41, 5.74) is 1.26. The minimum Gasteiger partial charge on any atom is -0.494 e. The molecule has 134 valence electrons. The van der Waals surface area contributed by atoms with Gasteiger partial charge in [0.05, 0.1) is 23.1 Å². The molecule has 1 heterocycles. The third kappa shape index (κ3) is 3.97. The summed E-state index contributed by atoms with van der Waals surface area (Å²) in [5.74, 6) is 0.437. The second-order valence-corrected chi connectivity index (χ2v) is 6.99. The molecule has 0 radical (unpaired) electrons. The number of amides is 1. The number of thioether (sulfide) groups is 1. The van der Waals surface area contributed by atoms with Crippen LogP contribution in [0.3, 0.4) is 0 Å². The molecule has 2 aromatic carbocycles. The van der Waals surface area contributed by atoms with E-state index in [1.165, 1.54) is 11.8 Å². The Morgan fingerprint density at radius 3 is 2.73 bits per heavy atom. The van der Waals surface area contributed by atoms with Gasteiger partial charge in [0, 0.05) is 0 Å². The zero-order valence-corrected chi connectivity index (χ0v) is 15.7. The number of tetrazole rings is 1. The highest BCUT2D eigenvalue weighted by Gasteiger charge is 2.21. The fourth-order valence-corrected chi connectivity index (χ4v) is 3.20. The number of ether oxygens (including phenoxy) is 1. The molecule has 1 atom stereocenters. The highest BCUT2D eigenvalue weighted by atomic mass is 35.5. The van der Waals surface area contributed by atoms with E-state index in [0.29, 0.717) is 27.3 Å². The molecule has 26 heavy (non-hydrogen) atoms. The monoisotopic (exact) mass is 389 g/mol. The van der Waals surface area contributed by atoms with E-state index in [1.54, 1.807) is 36.9 Å². The molecule has 0 aliphatic carbocycles. The van der Waals surface area contributed by atoms with Gasteiger partial charge in [0.1, 0.15) is 11.4 Å². The normalized spacial score (nSPS) is 11.8. The number of hydrogen-bond acceptors (Lipinski definition) is 6. The van der Waals surface area contributed by atoms with E-state index >= 15 is 0 Å². The number of carbonyl (C=O) groups excluding carboxylic acids is 1. The van der Waals surface area contributed by atoms with Crippen molar-refractivity contribution in [1.82, 2.24) is 20.2 Å². The topological polar surface area (TPSA) is 81.9 Å². The molecular formula is C17H16ClN5O2S. The third-order valence-corrected chi connectivity index (χ3v) is 4.90. The Balaban J connectivity index is 1.76. The fourth-order valence-electron chi connectivity index (χ4n) is 2.22. The van der Waals surface area contributed by atoms with Crippen LogP contribution < -0.4 is 10.1 Å². The number of aromatic nitrogens is 4. The predicted molar refractivity (Wildman–Crippen MR) is 101 cm³/mol. The van der Waals surface area contributed by atoms with Gasteiger partial charge in [0.15, 0.2) is 0 Å². The number of rotatable bonds is 6. The summed E-state index contributed by atoms with van der Waals surface area (Å²) >= 11 is 7.32. The summed E-state index contributed by atoms with van der Waals surface area (Å²) in [6.07, 6.45) is 0. The Labute approximate surface area is 159 Å². The third-order valence-electron chi connectivity index (χ3n) is 3.54. The van der Waals surface area contributed by atoms with Gasteiger partial charge in [-0.25, -0.2) is 0 Å². The highest BCUT2D eigenvalue weighted by molar-refractivity contribution is 8.00. The molecule has 0 bridgehead atoms. The molecule has 0 fully saturated rings. The fraction of sp³-hybridized carbons (Fsp3) is 0.176. The summed E-state index contributed by atoms with van der Waals surface area (Å²) in [7, 11) is 1.58. The van der Waals surface area contributed by atoms with Crippen molar-refractivity contribution in [2.45, 2.75) is 17.3 Å². The Kier molecular flexibility index (Phi) is 5.75. The molecule has 0 spiro atoms. The standard InChI is InChI=1S/C17H16ClN5O2S/c1-11(16(24)19-13-8-4-3-7-12(13)18)26-17-20-21-22-23(17)14-9-5-6-10-15(14)25-2/h3-11H,1-2H3,(H,19,24)/t11-/m0/s1. The van der Waals surface area contributed by atoms with Crippen LogP contribution in [0.4, 0.5) is 5.69 Å². The maximum atomic E-state index is 12.5. The molecule has 3 aromatic rings. The Bertz CT molecular complexity index is 917. The molecule has 0 aliphatic rings. The van der Waals surface area contributed by atoms with Crippen molar-refractivity contribution in [3.05, 3.63) is 53.6 Å². The zero-order valence-electron chi connectivity index (χ0n) is 14.1. The lowest BCUT2D eigenvalue weighted by Gasteiger charge is -2.13. The summed E-state index contributed by atoms with van der Waals surface area (Å²) in [4.78, 5) is 12.5. The molecule has 7 nitrogen and oxygen atoms in total. The van der Waals surface area contributed by atoms with Crippen LogP contribution in [0.5, 0.6) is 5.75 Å². The Morgan fingerprint density at radius 2 is 1.96 bits per heavy atom. The number of benzene rings is 2. The second kappa shape index (κ2) is 8.20. The first-order chi connectivity index (χ1) is 12.6. The van der Waals surface area contributed by atoms with Crippen LogP contribution in [0.1, 0.15) is 6.92 Å². The molecule has 0 aliphatic heterocycles. The van der Waals surface area contributed by atoms with Crippen molar-refractivity contribution < 1.29 is 9.53 Å². The molecule has 9 heteroatoms. The quantitative estimate of drug-likeness (QED) is 0.650. The molecule has 1 amide bonds. The summed E-state index contributed by atoms with van der Waals surface area (Å²) in [6.45, 7) is 1.78. The maximum absolute atomic E-state index is 12.5. The lowest BCUT2D eigenvalue weighted by Crippen LogP contribution is -2.23. The lowest BCUT2D eigenvalue weighted by atomic mass is 10.3. The van der Waals surface area contributed by atoms with Gasteiger partial charge in [-0.15, -0.1) is 5.10 Å². The first-order valence-corrected chi connectivity index (χ1v) is 8.99. The molecule has 1 N–H and O–H groups in total. The number of halogens is 1. The summed E-state index contributed by atoms with van der Waals surface area (Å²) < 4.78 is 6.89. The number of nitrogens with zero attached hydrogens (tertiary/aromatic N) is 4. The van der Waals surface area contributed by atoms with Crippen LogP contribution in [0, 0.1) is 0 Å². The van der Waals surface area contributed by atoms with Gasteiger partial charge in [0.2, 0.25) is 11.1 Å². The van der Waals surface area contributed by atoms with Gasteiger partial charge >= 0.3 is 0 Å². The minimum absolute atomic E-state index is 0.197. The first kappa shape index (κ1) is 18.2. The SMILES string of the molecule is COc1ccccc1-n1nnnc1S[C@@H](C)C(=O)Nc1ccccc1Cl. The van der Waals surface area contributed by atoms with Gasteiger partial charge in [-0.2, -0.15) is 4.68 Å². The Morgan fingerprint density at radius 1 is 1.23 bits per heavy atom. The molecule has 0 saturated heterocycles. The second-order valence-electron chi connectivity index (χ2n) is 5.27. The van der Waals surface area contributed by atoms with Crippen LogP contribution in [0.15, 0.2) is 53.7 Å². The summed E-state index contributed by atoms with van der Waals surface area (Å²) in [5, 5.41) is 15.1. The van der Waals surface area contributed by atoms with E-state index in [0.717, 1.165) is 0 Å². The molecule has 0 unspecified atom stereocenters. The molecule has 1 aromatic heterocycles. The van der Waals surface area contributed by atoms with E-state index in [4.69, 9.17) is 16.3 Å². The molecule has 0 saturated carbocycles. The van der Waals surface area contributed by atoms with Gasteiger partial charge in [-0.05, 0) is 41.6 Å². The number of hydrogen-bond donors (Lipinski definition) is 1. The average Bonchev–Trinajstić information content (AvgIpc) is 3.11. The van der Waals surface area contributed by atoms with E-state index in [9.17, 15) is 4.79 Å². The van der Waals surface area contributed by atoms with Crippen molar-refractivity contribution in [3.63, 3.8) is 0 Å². The van der Waals surface area contributed by atoms with Crippen LogP contribution in [0.25, 0.3) is 5.69 Å². The summed E-state index contributed by atoms with van der Waals surface area (Å²) in [6, 6.07) is 14.5. The zero-order chi connectivity index (χ0) is 18.5. The van der Waals surface area contributed by atoms with Gasteiger partial charge in [-0.3, -0.25) is 4.79 Å². The van der Waals surface area contributed by atoms with Crippen molar-refractivity contribution in [2.75, 3.05) is 12.4 Å². The minimum atomic E-state index is -0.439. The van der Waals surface area contributed by atoms with Crippen LogP contribution >= 0.6 is 23.4 Å². The highest BCUT2D eigenvalue weighted by Crippen LogP contribution is 2.28. The lowest BCUT2D eigenvalue weighted by molar-refractivity contribution is -0.115. The van der Waals surface area contributed by atoms with Gasteiger partial charge < -0.3 is 10.1 Å². The van der Waals surface area contributed by atoms with E-state index in [-0.39, 0.29) is 5.91 Å². The van der Waals surface area contributed by atoms with Crippen LogP contribution in [0.2, 0.25) is 5.02 Å². The van der Waals surface area contributed by atoms with Crippen molar-refractivity contribution in [2.24, 2.45) is 0 Å². The molecular weight excluding hydrogens is 374 g/mol. The predicted octanol–water partition coefficient (Wildman–Crippen LogP) is 3.44. The van der Waals surface area contributed by atoms with E-state index in [2.05, 4.69) is 20.8 Å². The van der Waals surface area contributed by atoms with Gasteiger partial charge in [-0.1, -0.05) is 47.6 Å². The van der Waals surface area contributed by atoms with Gasteiger partial charge in [0.25, 0.3) is 0 Å². The van der Waals surface area contributed by atoms with Crippen molar-refractivity contribution in [1.29, 1.82) is 0 Å². The number of methoxy groups -OCH3 is 1. The maximum Gasteiger partial charge on any atom is 0.237 e. The average molecular weight is 390 g/mol. The van der Waals surface area contributed by atoms with E-state index < -0.39 is 5.25 Å². The number of anilines is 1. The first-order valence-electron chi connectivity index (χ1n) is 7.74. The number of carbonyl (C=O) groups is 1. The van der Waals surface area contributed by atoms with Crippen LogP contribution in [-0.4, -0.2) is 38.5 Å². The van der Waals surface area contributed by atoms with Crippen LogP contribution in [-0.2, 0) is 4.79 Å². The van der Waals surface area contributed by atoms with E-state index in [1.807, 2.05) is 30.3 Å². The number of para-hydroxylation sites is 3. The molecule has 3 rings (SSSR count). The van der Waals surface area contributed by atoms with Crippen molar-refractivity contribution >= 4 is 35.0 Å². The smallest absolute Gasteiger partial charge is 0.237 e. The number of nitrogens with one attached hydrogen (secondary N) is 1. The largest absolute Gasteiger partial charge is 0.494 e. The van der Waals surface area contributed by atoms with Crippen molar-refractivity contribution in [3.8, 4) is 11.4 Å².